The van der Waals surface area contributed by atoms with Crippen molar-refractivity contribution in [2.75, 3.05) is 12.3 Å². The minimum Gasteiger partial charge on any atom is -0.386 e. The maximum atomic E-state index is 11.9. The number of phosphoric acid groups is 3. The molecule has 21 heteroatoms. The average molecular weight is 531 g/mol. The van der Waals surface area contributed by atoms with Crippen LogP contribution >= 0.6 is 23.5 Å². The molecule has 18 nitrogen and oxygen atoms in total. The highest BCUT2D eigenvalue weighted by Gasteiger charge is 2.58. The van der Waals surface area contributed by atoms with Crippen LogP contribution in [0, 0.1) is 11.3 Å². The number of nitrogen functional groups attached to an aromatic ring is 1. The molecule has 0 radical (unpaired) electrons. The second kappa shape index (κ2) is 8.77. The molecule has 0 aromatic carbocycles. The lowest BCUT2D eigenvalue weighted by Crippen LogP contribution is -2.45. The molecule has 0 bridgehead atoms. The van der Waals surface area contributed by atoms with E-state index in [1.807, 2.05) is 0 Å². The van der Waals surface area contributed by atoms with E-state index >= 15 is 0 Å². The quantitative estimate of drug-likeness (QED) is 0.157. The molecule has 33 heavy (non-hydrogen) atoms. The summed E-state index contributed by atoms with van der Waals surface area (Å²) >= 11 is 0. The van der Waals surface area contributed by atoms with Gasteiger partial charge in [-0.05, 0) is 6.07 Å². The number of aliphatic hydroxyl groups excluding tert-OH is 1. The lowest BCUT2D eigenvalue weighted by molar-refractivity contribution is -0.0725. The van der Waals surface area contributed by atoms with Crippen LogP contribution in [0.2, 0.25) is 0 Å². The molecular formula is C12H16N5O13P3. The molecule has 3 unspecified atom stereocenters. The second-order valence-corrected chi connectivity index (χ2v) is 10.9. The van der Waals surface area contributed by atoms with Crippen LogP contribution in [-0.2, 0) is 31.6 Å². The van der Waals surface area contributed by atoms with E-state index in [0.29, 0.717) is 5.39 Å². The summed E-state index contributed by atoms with van der Waals surface area (Å²) in [6, 6.07) is 2.92. The van der Waals surface area contributed by atoms with Crippen molar-refractivity contribution in [3.8, 4) is 6.07 Å². The van der Waals surface area contributed by atoms with Crippen LogP contribution in [0.1, 0.15) is 6.23 Å². The number of aromatic nitrogens is 3. The van der Waals surface area contributed by atoms with Gasteiger partial charge in [-0.2, -0.15) is 13.9 Å². The first-order valence-corrected chi connectivity index (χ1v) is 12.9. The maximum Gasteiger partial charge on any atom is 0.490 e. The monoisotopic (exact) mass is 531 g/mol. The highest BCUT2D eigenvalue weighted by molar-refractivity contribution is 7.66. The van der Waals surface area contributed by atoms with Gasteiger partial charge in [-0.25, -0.2) is 23.7 Å². The molecule has 3 heterocycles. The third-order valence-electron chi connectivity index (χ3n) is 4.27. The van der Waals surface area contributed by atoms with Gasteiger partial charge < -0.3 is 44.8 Å². The molecule has 1 aliphatic rings. The predicted octanol–water partition coefficient (Wildman–Crippen LogP) is -1.13. The molecule has 8 N–H and O–H groups in total. The lowest BCUT2D eigenvalue weighted by Gasteiger charge is -2.24. The summed E-state index contributed by atoms with van der Waals surface area (Å²) in [4.78, 5) is 43.5. The van der Waals surface area contributed by atoms with Crippen LogP contribution in [0.15, 0.2) is 18.6 Å². The Hall–Kier alpha value is -1.80. The molecule has 182 valence electrons. The number of phosphoric ester groups is 1. The zero-order valence-electron chi connectivity index (χ0n) is 15.9. The number of nitrogens with two attached hydrogens (primary N) is 1. The molecule has 0 spiro atoms. The molecule has 1 aliphatic heterocycles. The highest BCUT2D eigenvalue weighted by Crippen LogP contribution is 2.66. The van der Waals surface area contributed by atoms with Crippen molar-refractivity contribution in [1.29, 1.82) is 5.26 Å². The van der Waals surface area contributed by atoms with Crippen molar-refractivity contribution in [3.05, 3.63) is 18.6 Å². The van der Waals surface area contributed by atoms with Crippen LogP contribution in [-0.4, -0.2) is 68.7 Å². The van der Waals surface area contributed by atoms with Crippen molar-refractivity contribution in [3.63, 3.8) is 0 Å². The predicted molar refractivity (Wildman–Crippen MR) is 102 cm³/mol. The maximum absolute atomic E-state index is 11.9. The van der Waals surface area contributed by atoms with E-state index in [4.69, 9.17) is 25.2 Å². The number of fused-ring (bicyclic) bond motifs is 1. The largest absolute Gasteiger partial charge is 0.490 e. The van der Waals surface area contributed by atoms with Gasteiger partial charge in [0.25, 0.3) is 0 Å². The number of hydrogen-bond acceptors (Lipinski definition) is 13. The lowest BCUT2D eigenvalue weighted by atomic mass is 9.96. The average Bonchev–Trinajstić information content (AvgIpc) is 3.18. The zero-order chi connectivity index (χ0) is 24.8. The number of nitriles is 1. The van der Waals surface area contributed by atoms with E-state index in [1.165, 1.54) is 18.3 Å². The van der Waals surface area contributed by atoms with E-state index in [1.54, 1.807) is 0 Å². The minimum atomic E-state index is -5.76. The van der Waals surface area contributed by atoms with Gasteiger partial charge in [0.05, 0.1) is 12.0 Å². The number of anilines is 1. The second-order valence-electron chi connectivity index (χ2n) is 6.51. The highest BCUT2D eigenvalue weighted by atomic mass is 31.3. The molecule has 2 aromatic rings. The molecule has 1 fully saturated rings. The van der Waals surface area contributed by atoms with Crippen LogP contribution in [0.3, 0.4) is 0 Å². The fraction of sp³-hybridized carbons (Fsp3) is 0.417. The number of nitrogens with zero attached hydrogens (tertiary/aromatic N) is 4. The fourth-order valence-corrected chi connectivity index (χ4v) is 5.98. The first kappa shape index (κ1) is 25.8. The summed E-state index contributed by atoms with van der Waals surface area (Å²) in [5.41, 5.74) is 3.21. The zero-order valence-corrected chi connectivity index (χ0v) is 18.6. The Morgan fingerprint density at radius 2 is 1.88 bits per heavy atom. The number of hydrogen-bond donors (Lipinski definition) is 7. The normalized spacial score (nSPS) is 29.4. The van der Waals surface area contributed by atoms with E-state index in [-0.39, 0.29) is 11.5 Å². The minimum absolute atomic E-state index is 0.0713. The van der Waals surface area contributed by atoms with Crippen molar-refractivity contribution < 1.29 is 61.4 Å². The third-order valence-corrected chi connectivity index (χ3v) is 8.08. The van der Waals surface area contributed by atoms with Gasteiger partial charge in [0.1, 0.15) is 36.1 Å². The number of ether oxygens (including phenoxy) is 1. The summed E-state index contributed by atoms with van der Waals surface area (Å²) in [6.07, 6.45) is -2.94. The van der Waals surface area contributed by atoms with Gasteiger partial charge in [-0.15, -0.1) is 0 Å². The molecule has 6 atom stereocenters. The van der Waals surface area contributed by atoms with Gasteiger partial charge in [-0.3, -0.25) is 4.52 Å². The standard InChI is InChI=1S/C12H16N5O13P3/c13-4-12(19)8(18)7(3-27-32(23,24)30-33(25,26)29-31(20,21)22)28-11(12)17-2-1-6-9(14)15-5-16-10(6)17/h1-2,5,7-8,11,18-19H,3H2,(H,23,24)(H,25,26)(H2,14,15,16)(H2,20,21,22)/t7-,8-,11?,12-/m1/s1. The summed E-state index contributed by atoms with van der Waals surface area (Å²) < 4.78 is 52.0. The van der Waals surface area contributed by atoms with E-state index < -0.39 is 54.1 Å². The van der Waals surface area contributed by atoms with E-state index in [2.05, 4.69) is 23.1 Å². The number of aliphatic hydroxyl groups is 2. The van der Waals surface area contributed by atoms with Gasteiger partial charge in [-0.1, -0.05) is 0 Å². The molecular weight excluding hydrogens is 515 g/mol. The van der Waals surface area contributed by atoms with Crippen LogP contribution < -0.4 is 5.73 Å². The van der Waals surface area contributed by atoms with Crippen molar-refractivity contribution >= 4 is 40.3 Å². The Labute approximate surface area is 183 Å². The summed E-state index contributed by atoms with van der Waals surface area (Å²) in [7, 11) is -16.9. The van der Waals surface area contributed by atoms with Gasteiger partial charge in [0.2, 0.25) is 5.60 Å². The molecule has 0 amide bonds. The SMILES string of the molecule is N#C[C@]1(O)C(n2ccc3c(N)ncnc32)O[C@H](COP(=O)(O)OP(=O)(O)OP(=O)(O)O)[C@H]1O. The number of rotatable bonds is 8. The van der Waals surface area contributed by atoms with Crippen LogP contribution in [0.5, 0.6) is 0 Å². The Bertz CT molecular complexity index is 1240. The fourth-order valence-electron chi connectivity index (χ4n) is 2.95. The molecule has 0 aliphatic carbocycles. The van der Waals surface area contributed by atoms with Gasteiger partial charge >= 0.3 is 23.5 Å². The molecule has 0 saturated carbocycles. The summed E-state index contributed by atoms with van der Waals surface area (Å²) in [5.74, 6) is 0.0713. The molecule has 2 aromatic heterocycles. The Kier molecular flexibility index (Phi) is 6.86. The first-order chi connectivity index (χ1) is 15.1. The van der Waals surface area contributed by atoms with Crippen molar-refractivity contribution in [2.45, 2.75) is 24.0 Å². The van der Waals surface area contributed by atoms with Crippen LogP contribution in [0.25, 0.3) is 11.0 Å². The van der Waals surface area contributed by atoms with Gasteiger partial charge in [0.15, 0.2) is 6.23 Å². The van der Waals surface area contributed by atoms with Crippen molar-refractivity contribution in [1.82, 2.24) is 14.5 Å². The van der Waals surface area contributed by atoms with E-state index in [9.17, 15) is 34.1 Å². The van der Waals surface area contributed by atoms with E-state index in [0.717, 1.165) is 10.9 Å². The van der Waals surface area contributed by atoms with Gasteiger partial charge in [0, 0.05) is 6.20 Å². The smallest absolute Gasteiger partial charge is 0.386 e. The molecule has 3 rings (SSSR count). The molecule has 1 saturated heterocycles. The van der Waals surface area contributed by atoms with Crippen molar-refractivity contribution in [2.24, 2.45) is 0 Å². The van der Waals surface area contributed by atoms with Crippen LogP contribution in [0.4, 0.5) is 5.82 Å². The Morgan fingerprint density at radius 1 is 1.21 bits per heavy atom. The Morgan fingerprint density at radius 3 is 2.48 bits per heavy atom. The summed E-state index contributed by atoms with van der Waals surface area (Å²) in [5, 5.41) is 30.9. The first-order valence-electron chi connectivity index (χ1n) is 8.41. The third kappa shape index (κ3) is 5.48. The topological polar surface area (TPSA) is 290 Å². The Balaban J connectivity index is 1.79. The summed E-state index contributed by atoms with van der Waals surface area (Å²) in [6.45, 7) is -1.10.